The van der Waals surface area contributed by atoms with E-state index in [0.717, 1.165) is 27.4 Å². The van der Waals surface area contributed by atoms with E-state index >= 15 is 0 Å². The fourth-order valence-corrected chi connectivity index (χ4v) is 2.66. The molecular formula is C11H12BrN3S. The van der Waals surface area contributed by atoms with Crippen LogP contribution in [0.25, 0.3) is 0 Å². The van der Waals surface area contributed by atoms with Crippen LogP contribution in [0.2, 0.25) is 0 Å². The summed E-state index contributed by atoms with van der Waals surface area (Å²) in [5.74, 6) is 0.999. The Bertz CT molecular complexity index is 470. The maximum absolute atomic E-state index is 4.41. The van der Waals surface area contributed by atoms with Crippen molar-refractivity contribution in [1.82, 2.24) is 9.97 Å². The molecule has 5 heteroatoms. The lowest BCUT2D eigenvalue weighted by molar-refractivity contribution is 0.880. The molecule has 2 aromatic rings. The minimum absolute atomic E-state index is 0.799. The number of hydrogen-bond donors (Lipinski definition) is 0. The summed E-state index contributed by atoms with van der Waals surface area (Å²) in [6.45, 7) is 2.86. The van der Waals surface area contributed by atoms with E-state index in [2.05, 4.69) is 43.8 Å². The average Bonchev–Trinajstić information content (AvgIpc) is 2.70. The molecule has 0 bridgehead atoms. The van der Waals surface area contributed by atoms with E-state index in [0.29, 0.717) is 0 Å². The third kappa shape index (κ3) is 2.59. The van der Waals surface area contributed by atoms with E-state index in [9.17, 15) is 0 Å². The van der Waals surface area contributed by atoms with E-state index in [1.165, 1.54) is 0 Å². The Kier molecular flexibility index (Phi) is 3.56. The molecular weight excluding hydrogens is 286 g/mol. The number of hydrogen-bond acceptors (Lipinski definition) is 4. The van der Waals surface area contributed by atoms with Crippen LogP contribution in [0.15, 0.2) is 28.3 Å². The van der Waals surface area contributed by atoms with Crippen molar-refractivity contribution in [1.29, 1.82) is 0 Å². The highest BCUT2D eigenvalue weighted by Crippen LogP contribution is 2.21. The number of aryl methyl sites for hydroxylation is 1. The van der Waals surface area contributed by atoms with Gasteiger partial charge in [-0.1, -0.05) is 0 Å². The van der Waals surface area contributed by atoms with Gasteiger partial charge in [-0.2, -0.15) is 0 Å². The first-order valence-electron chi connectivity index (χ1n) is 4.88. The molecule has 0 aliphatic heterocycles. The molecule has 16 heavy (non-hydrogen) atoms. The van der Waals surface area contributed by atoms with E-state index < -0.39 is 0 Å². The number of rotatable bonds is 3. The highest BCUT2D eigenvalue weighted by Gasteiger charge is 2.08. The van der Waals surface area contributed by atoms with Crippen LogP contribution >= 0.6 is 27.3 Å². The fraction of sp³-hybridized carbons (Fsp3) is 0.273. The van der Waals surface area contributed by atoms with Crippen LogP contribution in [0, 0.1) is 6.92 Å². The summed E-state index contributed by atoms with van der Waals surface area (Å²) >= 11 is 5.08. The van der Waals surface area contributed by atoms with Gasteiger partial charge >= 0.3 is 0 Å². The molecule has 3 nitrogen and oxygen atoms in total. The van der Waals surface area contributed by atoms with E-state index in [1.807, 2.05) is 24.8 Å². The van der Waals surface area contributed by atoms with Crippen molar-refractivity contribution in [3.05, 3.63) is 38.9 Å². The van der Waals surface area contributed by atoms with Crippen LogP contribution in [0.4, 0.5) is 5.82 Å². The van der Waals surface area contributed by atoms with Crippen molar-refractivity contribution in [3.63, 3.8) is 0 Å². The lowest BCUT2D eigenvalue weighted by atomic mass is 10.3. The molecule has 0 aromatic carbocycles. The van der Waals surface area contributed by atoms with Crippen molar-refractivity contribution in [2.75, 3.05) is 11.9 Å². The Morgan fingerprint density at radius 2 is 2.25 bits per heavy atom. The van der Waals surface area contributed by atoms with Crippen LogP contribution in [-0.4, -0.2) is 17.0 Å². The Balaban J connectivity index is 2.17. The van der Waals surface area contributed by atoms with Gasteiger partial charge in [0.05, 0.1) is 6.54 Å². The average molecular weight is 298 g/mol. The minimum Gasteiger partial charge on any atom is -0.353 e. The van der Waals surface area contributed by atoms with Gasteiger partial charge in [0.2, 0.25) is 0 Å². The molecule has 0 spiro atoms. The number of pyridine rings is 1. The largest absolute Gasteiger partial charge is 0.353 e. The molecule has 2 rings (SSSR count). The molecule has 0 unspecified atom stereocenters. The molecule has 0 saturated heterocycles. The Labute approximate surface area is 107 Å². The van der Waals surface area contributed by atoms with Gasteiger partial charge in [-0.15, -0.1) is 11.3 Å². The van der Waals surface area contributed by atoms with Crippen LogP contribution < -0.4 is 4.90 Å². The maximum atomic E-state index is 4.41. The Hall–Kier alpha value is -0.940. The summed E-state index contributed by atoms with van der Waals surface area (Å²) in [5, 5.41) is 3.09. The van der Waals surface area contributed by atoms with Crippen molar-refractivity contribution in [2.24, 2.45) is 0 Å². The lowest BCUT2D eigenvalue weighted by Gasteiger charge is -2.18. The summed E-state index contributed by atoms with van der Waals surface area (Å²) < 4.78 is 1.01. The monoisotopic (exact) mass is 297 g/mol. The van der Waals surface area contributed by atoms with E-state index in [4.69, 9.17) is 0 Å². The maximum Gasteiger partial charge on any atom is 0.131 e. The third-order valence-corrected chi connectivity index (χ3v) is 3.43. The first-order chi connectivity index (χ1) is 7.66. The van der Waals surface area contributed by atoms with Crippen molar-refractivity contribution >= 4 is 33.1 Å². The van der Waals surface area contributed by atoms with Gasteiger partial charge in [-0.25, -0.2) is 9.97 Å². The molecule has 0 atom stereocenters. The molecule has 0 saturated carbocycles. The first-order valence-corrected chi connectivity index (χ1v) is 6.56. The highest BCUT2D eigenvalue weighted by molar-refractivity contribution is 9.10. The predicted molar refractivity (Wildman–Crippen MR) is 70.9 cm³/mol. The standard InChI is InChI=1S/C11H12BrN3S/c1-8-5-9(12)6-14-11(8)15(2)7-10-13-3-4-16-10/h3-6H,7H2,1-2H3. The summed E-state index contributed by atoms with van der Waals surface area (Å²) in [6.07, 6.45) is 3.65. The second-order valence-electron chi connectivity index (χ2n) is 3.58. The molecule has 0 aliphatic rings. The second-order valence-corrected chi connectivity index (χ2v) is 5.47. The Morgan fingerprint density at radius 1 is 1.44 bits per heavy atom. The van der Waals surface area contributed by atoms with Crippen molar-refractivity contribution < 1.29 is 0 Å². The number of halogens is 1. The van der Waals surface area contributed by atoms with Gasteiger partial charge in [0, 0.05) is 29.3 Å². The quantitative estimate of drug-likeness (QED) is 0.871. The fourth-order valence-electron chi connectivity index (χ4n) is 1.54. The van der Waals surface area contributed by atoms with Gasteiger partial charge in [0.25, 0.3) is 0 Å². The van der Waals surface area contributed by atoms with Gasteiger partial charge in [-0.05, 0) is 34.5 Å². The van der Waals surface area contributed by atoms with E-state index in [-0.39, 0.29) is 0 Å². The number of nitrogens with zero attached hydrogens (tertiary/aromatic N) is 3. The van der Waals surface area contributed by atoms with Crippen LogP contribution in [0.5, 0.6) is 0 Å². The third-order valence-electron chi connectivity index (χ3n) is 2.23. The van der Waals surface area contributed by atoms with Crippen molar-refractivity contribution in [2.45, 2.75) is 13.5 Å². The van der Waals surface area contributed by atoms with Crippen LogP contribution in [0.1, 0.15) is 10.6 Å². The highest BCUT2D eigenvalue weighted by atomic mass is 79.9. The molecule has 2 heterocycles. The van der Waals surface area contributed by atoms with Gasteiger partial charge in [-0.3, -0.25) is 0 Å². The number of thiazole rings is 1. The van der Waals surface area contributed by atoms with E-state index in [1.54, 1.807) is 11.3 Å². The van der Waals surface area contributed by atoms with Gasteiger partial charge < -0.3 is 4.90 Å². The van der Waals surface area contributed by atoms with Crippen LogP contribution in [0.3, 0.4) is 0 Å². The summed E-state index contributed by atoms with van der Waals surface area (Å²) in [7, 11) is 2.03. The molecule has 0 amide bonds. The molecule has 2 aromatic heterocycles. The molecule has 84 valence electrons. The lowest BCUT2D eigenvalue weighted by Crippen LogP contribution is -2.18. The SMILES string of the molecule is Cc1cc(Br)cnc1N(C)Cc1nccs1. The predicted octanol–water partition coefficient (Wildman–Crippen LogP) is 3.25. The number of aromatic nitrogens is 2. The smallest absolute Gasteiger partial charge is 0.131 e. The number of anilines is 1. The zero-order valence-corrected chi connectivity index (χ0v) is 11.5. The summed E-state index contributed by atoms with van der Waals surface area (Å²) in [5.41, 5.74) is 1.16. The second kappa shape index (κ2) is 4.93. The van der Waals surface area contributed by atoms with Gasteiger partial charge in [0.1, 0.15) is 10.8 Å². The molecule has 0 aliphatic carbocycles. The Morgan fingerprint density at radius 3 is 2.88 bits per heavy atom. The summed E-state index contributed by atoms with van der Waals surface area (Å²) in [4.78, 5) is 10.8. The molecule has 0 fully saturated rings. The van der Waals surface area contributed by atoms with Crippen LogP contribution in [-0.2, 0) is 6.54 Å². The summed E-state index contributed by atoms with van der Waals surface area (Å²) in [6, 6.07) is 2.07. The minimum atomic E-state index is 0.799. The normalized spacial score (nSPS) is 10.4. The van der Waals surface area contributed by atoms with Crippen molar-refractivity contribution in [3.8, 4) is 0 Å². The topological polar surface area (TPSA) is 29.0 Å². The zero-order chi connectivity index (χ0) is 11.5. The molecule has 0 radical (unpaired) electrons. The molecule has 0 N–H and O–H groups in total. The van der Waals surface area contributed by atoms with Gasteiger partial charge in [0.15, 0.2) is 0 Å². The first kappa shape index (κ1) is 11.5. The zero-order valence-electron chi connectivity index (χ0n) is 9.14.